The molecule has 11 heteroatoms. The third-order valence-corrected chi connectivity index (χ3v) is 10.1. The van der Waals surface area contributed by atoms with E-state index in [0.29, 0.717) is 32.2 Å². The Morgan fingerprint density at radius 1 is 1.02 bits per heavy atom. The number of piperidine rings is 1. The fourth-order valence-corrected chi connectivity index (χ4v) is 7.48. The van der Waals surface area contributed by atoms with Crippen molar-refractivity contribution in [3.63, 3.8) is 0 Å². The van der Waals surface area contributed by atoms with Crippen LogP contribution in [0.1, 0.15) is 86.5 Å². The average molecular weight is 605 g/mol. The SMILES string of the molecule is Cc1cc(CN2C(=O)CCC2=O)cc(C)c1/C=C/SN1CCC2(CC1)N=C(C1CCC(CCC(F)(F)F)CC1)NC2=O. The molecule has 2 saturated heterocycles. The summed E-state index contributed by atoms with van der Waals surface area (Å²) in [6.45, 7) is 5.82. The summed E-state index contributed by atoms with van der Waals surface area (Å²) < 4.78 is 40.0. The number of rotatable bonds is 8. The van der Waals surface area contributed by atoms with Gasteiger partial charge in [-0.1, -0.05) is 24.1 Å². The van der Waals surface area contributed by atoms with Crippen LogP contribution >= 0.6 is 11.9 Å². The minimum absolute atomic E-state index is 0.0412. The summed E-state index contributed by atoms with van der Waals surface area (Å²) in [4.78, 5) is 43.2. The average Bonchev–Trinajstić information content (AvgIpc) is 3.43. The van der Waals surface area contributed by atoms with Crippen LogP contribution in [0.2, 0.25) is 0 Å². The smallest absolute Gasteiger partial charge is 0.312 e. The van der Waals surface area contributed by atoms with Gasteiger partial charge < -0.3 is 5.32 Å². The molecule has 3 amide bonds. The lowest BCUT2D eigenvalue weighted by Crippen LogP contribution is -2.47. The zero-order chi connectivity index (χ0) is 30.1. The molecule has 0 radical (unpaired) electrons. The highest BCUT2D eigenvalue weighted by molar-refractivity contribution is 8.00. The number of likely N-dealkylation sites (tertiary alicyclic amines) is 1. The highest BCUT2D eigenvalue weighted by Gasteiger charge is 2.47. The molecule has 1 N–H and O–H groups in total. The number of aryl methyl sites for hydroxylation is 2. The number of benzene rings is 1. The van der Waals surface area contributed by atoms with Crippen molar-refractivity contribution >= 4 is 41.6 Å². The van der Waals surface area contributed by atoms with E-state index in [9.17, 15) is 27.6 Å². The Morgan fingerprint density at radius 2 is 1.64 bits per heavy atom. The first kappa shape index (κ1) is 30.8. The number of nitrogens with one attached hydrogen (secondary N) is 1. The van der Waals surface area contributed by atoms with Gasteiger partial charge in [0.15, 0.2) is 0 Å². The number of carbonyl (C=O) groups excluding carboxylic acids is 3. The monoisotopic (exact) mass is 604 g/mol. The van der Waals surface area contributed by atoms with E-state index < -0.39 is 18.1 Å². The second-order valence-electron chi connectivity index (χ2n) is 12.2. The van der Waals surface area contributed by atoms with Crippen LogP contribution in [-0.2, 0) is 20.9 Å². The van der Waals surface area contributed by atoms with Crippen molar-refractivity contribution in [2.24, 2.45) is 16.8 Å². The third-order valence-electron chi connectivity index (χ3n) is 9.21. The molecule has 3 fully saturated rings. The molecule has 1 aromatic carbocycles. The lowest BCUT2D eigenvalue weighted by Gasteiger charge is -2.34. The topological polar surface area (TPSA) is 82.1 Å². The number of amidine groups is 1. The van der Waals surface area contributed by atoms with Crippen molar-refractivity contribution in [1.29, 1.82) is 0 Å². The van der Waals surface area contributed by atoms with Gasteiger partial charge in [-0.2, -0.15) is 13.2 Å². The van der Waals surface area contributed by atoms with Gasteiger partial charge in [0.2, 0.25) is 11.8 Å². The predicted molar refractivity (Wildman–Crippen MR) is 157 cm³/mol. The molecule has 0 atom stereocenters. The van der Waals surface area contributed by atoms with E-state index in [4.69, 9.17) is 4.99 Å². The van der Waals surface area contributed by atoms with Crippen molar-refractivity contribution in [1.82, 2.24) is 14.5 Å². The number of aliphatic imine (C=N–C) groups is 1. The Labute approximate surface area is 249 Å². The largest absolute Gasteiger partial charge is 0.389 e. The summed E-state index contributed by atoms with van der Waals surface area (Å²) in [6, 6.07) is 4.06. The molecule has 42 heavy (non-hydrogen) atoms. The molecule has 3 aliphatic heterocycles. The lowest BCUT2D eigenvalue weighted by atomic mass is 9.79. The van der Waals surface area contributed by atoms with Crippen LogP contribution in [0.15, 0.2) is 22.5 Å². The molecule has 0 unspecified atom stereocenters. The lowest BCUT2D eigenvalue weighted by molar-refractivity contribution is -0.139. The van der Waals surface area contributed by atoms with E-state index in [1.54, 1.807) is 11.9 Å². The van der Waals surface area contributed by atoms with Gasteiger partial charge in [0.05, 0.1) is 6.54 Å². The number of imide groups is 1. The Kier molecular flexibility index (Phi) is 9.18. The van der Waals surface area contributed by atoms with Crippen LogP contribution in [0.25, 0.3) is 6.08 Å². The van der Waals surface area contributed by atoms with Crippen LogP contribution in [0.5, 0.6) is 0 Å². The maximum atomic E-state index is 13.0. The number of halogens is 3. The van der Waals surface area contributed by atoms with E-state index in [0.717, 1.165) is 66.9 Å². The molecule has 0 bridgehead atoms. The maximum absolute atomic E-state index is 13.0. The van der Waals surface area contributed by atoms with Gasteiger partial charge in [0.25, 0.3) is 5.91 Å². The van der Waals surface area contributed by atoms with Crippen LogP contribution in [0.4, 0.5) is 13.2 Å². The van der Waals surface area contributed by atoms with Gasteiger partial charge in [-0.05, 0) is 98.4 Å². The standard InChI is InChI=1S/C31H39F3N4O3S/c1-20-17-23(19-38-26(39)7-8-27(38)40)18-21(2)25(20)10-16-42-37-14-12-30(13-15-37)29(41)35-28(36-30)24-5-3-22(4-6-24)9-11-31(32,33)34/h10,16-18,22,24H,3-9,11-15,19H2,1-2H3,(H,35,36,41)/b16-10+. The number of hydrogen-bond donors (Lipinski definition) is 1. The van der Waals surface area contributed by atoms with Crippen LogP contribution in [0.3, 0.4) is 0 Å². The van der Waals surface area contributed by atoms with Gasteiger partial charge in [0.1, 0.15) is 11.4 Å². The normalized spacial score (nSPS) is 25.1. The minimum atomic E-state index is -4.10. The van der Waals surface area contributed by atoms with Gasteiger partial charge in [0, 0.05) is 38.3 Å². The van der Waals surface area contributed by atoms with Gasteiger partial charge in [-0.3, -0.25) is 24.3 Å². The maximum Gasteiger partial charge on any atom is 0.389 e. The van der Waals surface area contributed by atoms with Crippen molar-refractivity contribution in [2.75, 3.05) is 13.1 Å². The Morgan fingerprint density at radius 3 is 2.24 bits per heavy atom. The first-order valence-electron chi connectivity index (χ1n) is 14.9. The van der Waals surface area contributed by atoms with Crippen molar-refractivity contribution in [3.05, 3.63) is 39.8 Å². The molecule has 5 rings (SSSR count). The van der Waals surface area contributed by atoms with E-state index in [1.807, 2.05) is 26.0 Å². The summed E-state index contributed by atoms with van der Waals surface area (Å²) in [5, 5.41) is 5.09. The van der Waals surface area contributed by atoms with Crippen LogP contribution in [-0.4, -0.2) is 57.6 Å². The number of amides is 3. The highest BCUT2D eigenvalue weighted by atomic mass is 32.2. The molecule has 4 aliphatic rings. The molecular weight excluding hydrogens is 565 g/mol. The molecule has 7 nitrogen and oxygen atoms in total. The second-order valence-corrected chi connectivity index (χ2v) is 13.2. The molecule has 1 saturated carbocycles. The number of hydrogen-bond acceptors (Lipinski definition) is 6. The fourth-order valence-electron chi connectivity index (χ4n) is 6.71. The summed E-state index contributed by atoms with van der Waals surface area (Å²) in [5.74, 6) is 0.700. The highest BCUT2D eigenvalue weighted by Crippen LogP contribution is 2.39. The third kappa shape index (κ3) is 7.10. The van der Waals surface area contributed by atoms with Gasteiger partial charge in [-0.25, -0.2) is 4.31 Å². The minimum Gasteiger partial charge on any atom is -0.312 e. The van der Waals surface area contributed by atoms with Crippen LogP contribution in [0, 0.1) is 25.7 Å². The van der Waals surface area contributed by atoms with E-state index >= 15 is 0 Å². The van der Waals surface area contributed by atoms with Crippen molar-refractivity contribution in [2.45, 2.75) is 96.3 Å². The van der Waals surface area contributed by atoms with Crippen molar-refractivity contribution < 1.29 is 27.6 Å². The van der Waals surface area contributed by atoms with E-state index in [1.165, 1.54) is 4.90 Å². The number of carbonyl (C=O) groups is 3. The first-order chi connectivity index (χ1) is 19.9. The molecule has 228 valence electrons. The summed E-state index contributed by atoms with van der Waals surface area (Å²) >= 11 is 1.61. The molecule has 3 heterocycles. The Bertz CT molecular complexity index is 1240. The number of nitrogens with zero attached hydrogens (tertiary/aromatic N) is 3. The molecule has 1 spiro atoms. The predicted octanol–water partition coefficient (Wildman–Crippen LogP) is 6.08. The molecule has 1 aliphatic carbocycles. The molecule has 1 aromatic rings. The Balaban J connectivity index is 1.11. The second kappa shape index (κ2) is 12.5. The summed E-state index contributed by atoms with van der Waals surface area (Å²) in [5.41, 5.74) is 3.49. The molecule has 0 aromatic heterocycles. The summed E-state index contributed by atoms with van der Waals surface area (Å²) in [7, 11) is 0. The quantitative estimate of drug-likeness (QED) is 0.287. The van der Waals surface area contributed by atoms with E-state index in [-0.39, 0.29) is 36.0 Å². The van der Waals surface area contributed by atoms with Crippen molar-refractivity contribution in [3.8, 4) is 0 Å². The Hall–Kier alpha value is -2.66. The van der Waals surface area contributed by atoms with E-state index in [2.05, 4.69) is 21.1 Å². The van der Waals surface area contributed by atoms with Crippen LogP contribution < -0.4 is 5.32 Å². The first-order valence-corrected chi connectivity index (χ1v) is 15.8. The fraction of sp³-hybridized carbons (Fsp3) is 0.613. The summed E-state index contributed by atoms with van der Waals surface area (Å²) in [6.07, 6.45) is 2.35. The zero-order valence-electron chi connectivity index (χ0n) is 24.3. The number of alkyl halides is 3. The van der Waals surface area contributed by atoms with Gasteiger partial charge in [-0.15, -0.1) is 0 Å². The van der Waals surface area contributed by atoms with Gasteiger partial charge >= 0.3 is 6.18 Å². The zero-order valence-corrected chi connectivity index (χ0v) is 25.1. The molecular formula is C31H39F3N4O3S.